The van der Waals surface area contributed by atoms with Crippen LogP contribution in [0.15, 0.2) is 22.7 Å². The molecule has 1 unspecified atom stereocenters. The van der Waals surface area contributed by atoms with Crippen LogP contribution in [0.2, 0.25) is 0 Å². The van der Waals surface area contributed by atoms with Gasteiger partial charge in [0, 0.05) is 16.2 Å². The summed E-state index contributed by atoms with van der Waals surface area (Å²) in [4.78, 5) is 11.2. The van der Waals surface area contributed by atoms with E-state index < -0.39 is 15.8 Å². The molecule has 0 amide bonds. The first-order chi connectivity index (χ1) is 8.87. The molecule has 1 aromatic carbocycles. The maximum atomic E-state index is 11.6. The molecule has 0 radical (unpaired) electrons. The lowest BCUT2D eigenvalue weighted by molar-refractivity contribution is 0.0698. The Bertz CT molecular complexity index is 600. The summed E-state index contributed by atoms with van der Waals surface area (Å²) in [6.07, 6.45) is 1.34. The van der Waals surface area contributed by atoms with E-state index in [1.807, 2.05) is 0 Å². The topological polar surface area (TPSA) is 83.5 Å². The number of aromatic carboxylic acids is 1. The lowest BCUT2D eigenvalue weighted by Gasteiger charge is -2.24. The minimum Gasteiger partial charge on any atom is -0.478 e. The highest BCUT2D eigenvalue weighted by Crippen LogP contribution is 2.24. The van der Waals surface area contributed by atoms with Crippen LogP contribution >= 0.6 is 15.9 Å². The van der Waals surface area contributed by atoms with Crippen molar-refractivity contribution in [2.45, 2.75) is 18.9 Å². The zero-order chi connectivity index (χ0) is 14.0. The first kappa shape index (κ1) is 14.3. The van der Waals surface area contributed by atoms with Crippen LogP contribution in [0, 0.1) is 0 Å². The third kappa shape index (κ3) is 3.70. The molecule has 1 aliphatic rings. The van der Waals surface area contributed by atoms with E-state index in [1.54, 1.807) is 12.1 Å². The van der Waals surface area contributed by atoms with Crippen LogP contribution in [-0.2, 0) is 9.84 Å². The summed E-state index contributed by atoms with van der Waals surface area (Å²) in [5.41, 5.74) is 0.593. The molecule has 1 aromatic rings. The predicted octanol–water partition coefficient (Wildman–Crippen LogP) is 2.14. The smallest absolute Gasteiger partial charge is 0.337 e. The molecule has 1 atom stereocenters. The van der Waals surface area contributed by atoms with Crippen LogP contribution in [-0.4, -0.2) is 37.0 Å². The molecule has 0 spiro atoms. The maximum Gasteiger partial charge on any atom is 0.337 e. The molecule has 104 valence electrons. The molecule has 19 heavy (non-hydrogen) atoms. The van der Waals surface area contributed by atoms with Crippen LogP contribution in [0.4, 0.5) is 5.69 Å². The molecular weight excluding hydrogens is 334 g/mol. The van der Waals surface area contributed by atoms with Gasteiger partial charge in [-0.1, -0.05) is 15.9 Å². The number of carboxylic acids is 1. The monoisotopic (exact) mass is 347 g/mol. The number of rotatable bonds is 3. The third-order valence-electron chi connectivity index (χ3n) is 3.03. The van der Waals surface area contributed by atoms with E-state index in [0.717, 1.165) is 6.42 Å². The molecule has 0 aromatic heterocycles. The fourth-order valence-corrected chi connectivity index (χ4v) is 4.17. The second kappa shape index (κ2) is 5.50. The number of nitrogens with one attached hydrogen (secondary N) is 1. The number of carbonyl (C=O) groups is 1. The predicted molar refractivity (Wildman–Crippen MR) is 76.4 cm³/mol. The summed E-state index contributed by atoms with van der Waals surface area (Å²) < 4.78 is 23.8. The van der Waals surface area contributed by atoms with Gasteiger partial charge < -0.3 is 10.4 Å². The van der Waals surface area contributed by atoms with Gasteiger partial charge in [0.2, 0.25) is 0 Å². The van der Waals surface area contributed by atoms with Crippen LogP contribution in [0.5, 0.6) is 0 Å². The van der Waals surface area contributed by atoms with Crippen molar-refractivity contribution in [3.05, 3.63) is 28.2 Å². The summed E-state index contributed by atoms with van der Waals surface area (Å²) in [5, 5.41) is 12.2. The standard InChI is InChI=1S/C12H14BrNO4S/c13-8-3-4-11(10(6-8)12(15)16)14-9-2-1-5-19(17,18)7-9/h3-4,6,9,14H,1-2,5,7H2,(H,15,16). The molecular formula is C12H14BrNO4S. The van der Waals surface area contributed by atoms with E-state index >= 15 is 0 Å². The Hall–Kier alpha value is -1.08. The molecule has 1 heterocycles. The highest BCUT2D eigenvalue weighted by molar-refractivity contribution is 9.10. The fraction of sp³-hybridized carbons (Fsp3) is 0.417. The van der Waals surface area contributed by atoms with Crippen LogP contribution in [0.3, 0.4) is 0 Å². The number of carboxylic acid groups (broad SMARTS) is 1. The van der Waals surface area contributed by atoms with E-state index in [2.05, 4.69) is 21.2 Å². The average Bonchev–Trinajstić information content (AvgIpc) is 2.30. The second-order valence-electron chi connectivity index (χ2n) is 4.59. The molecule has 0 aliphatic carbocycles. The molecule has 2 N–H and O–H groups in total. The Morgan fingerprint density at radius 2 is 2.16 bits per heavy atom. The van der Waals surface area contributed by atoms with E-state index in [9.17, 15) is 13.2 Å². The minimum atomic E-state index is -3.01. The van der Waals surface area contributed by atoms with Gasteiger partial charge in [0.15, 0.2) is 9.84 Å². The number of hydrogen-bond acceptors (Lipinski definition) is 4. The number of halogens is 1. The fourth-order valence-electron chi connectivity index (χ4n) is 2.18. The van der Waals surface area contributed by atoms with E-state index in [0.29, 0.717) is 16.6 Å². The quantitative estimate of drug-likeness (QED) is 0.874. The second-order valence-corrected chi connectivity index (χ2v) is 7.74. The number of anilines is 1. The van der Waals surface area contributed by atoms with Crippen molar-refractivity contribution in [1.82, 2.24) is 0 Å². The maximum absolute atomic E-state index is 11.6. The van der Waals surface area contributed by atoms with Crippen molar-refractivity contribution in [3.8, 4) is 0 Å². The lowest BCUT2D eigenvalue weighted by Crippen LogP contribution is -2.35. The van der Waals surface area contributed by atoms with Gasteiger partial charge in [-0.2, -0.15) is 0 Å². The van der Waals surface area contributed by atoms with Crippen molar-refractivity contribution in [1.29, 1.82) is 0 Å². The highest BCUT2D eigenvalue weighted by Gasteiger charge is 2.25. The summed E-state index contributed by atoms with van der Waals surface area (Å²) in [7, 11) is -3.01. The summed E-state index contributed by atoms with van der Waals surface area (Å²) in [6, 6.07) is 4.65. The zero-order valence-corrected chi connectivity index (χ0v) is 12.5. The van der Waals surface area contributed by atoms with Crippen molar-refractivity contribution >= 4 is 37.4 Å². The van der Waals surface area contributed by atoms with Gasteiger partial charge in [-0.3, -0.25) is 0 Å². The minimum absolute atomic E-state index is 0.0577. The third-order valence-corrected chi connectivity index (χ3v) is 5.35. The lowest BCUT2D eigenvalue weighted by atomic mass is 10.1. The zero-order valence-electron chi connectivity index (χ0n) is 10.1. The van der Waals surface area contributed by atoms with Gasteiger partial charge in [-0.15, -0.1) is 0 Å². The SMILES string of the molecule is O=C(O)c1cc(Br)ccc1NC1CCCS(=O)(=O)C1. The first-order valence-corrected chi connectivity index (χ1v) is 8.48. The number of benzene rings is 1. The van der Waals surface area contributed by atoms with Gasteiger partial charge in [0.1, 0.15) is 0 Å². The Balaban J connectivity index is 2.21. The molecule has 1 saturated heterocycles. The van der Waals surface area contributed by atoms with Crippen molar-refractivity contribution in [2.24, 2.45) is 0 Å². The highest BCUT2D eigenvalue weighted by atomic mass is 79.9. The summed E-state index contributed by atoms with van der Waals surface area (Å²) in [5.74, 6) is -0.762. The van der Waals surface area contributed by atoms with Gasteiger partial charge >= 0.3 is 5.97 Å². The molecule has 1 fully saturated rings. The summed E-state index contributed by atoms with van der Waals surface area (Å²) in [6.45, 7) is 0. The number of hydrogen-bond donors (Lipinski definition) is 2. The van der Waals surface area contributed by atoms with E-state index in [-0.39, 0.29) is 23.1 Å². The van der Waals surface area contributed by atoms with Crippen LogP contribution < -0.4 is 5.32 Å². The van der Waals surface area contributed by atoms with Gasteiger partial charge in [0.05, 0.1) is 17.1 Å². The summed E-state index contributed by atoms with van der Waals surface area (Å²) >= 11 is 3.22. The average molecular weight is 348 g/mol. The molecule has 0 saturated carbocycles. The number of sulfone groups is 1. The van der Waals surface area contributed by atoms with Crippen LogP contribution in [0.1, 0.15) is 23.2 Å². The van der Waals surface area contributed by atoms with Gasteiger partial charge in [-0.05, 0) is 31.0 Å². The first-order valence-electron chi connectivity index (χ1n) is 5.87. The van der Waals surface area contributed by atoms with E-state index in [1.165, 1.54) is 6.07 Å². The molecule has 7 heteroatoms. The van der Waals surface area contributed by atoms with Crippen LogP contribution in [0.25, 0.3) is 0 Å². The Morgan fingerprint density at radius 3 is 2.79 bits per heavy atom. The molecule has 5 nitrogen and oxygen atoms in total. The molecule has 0 bridgehead atoms. The van der Waals surface area contributed by atoms with Crippen molar-refractivity contribution in [2.75, 3.05) is 16.8 Å². The Morgan fingerprint density at radius 1 is 1.42 bits per heavy atom. The van der Waals surface area contributed by atoms with Gasteiger partial charge in [-0.25, -0.2) is 13.2 Å². The largest absolute Gasteiger partial charge is 0.478 e. The molecule has 2 rings (SSSR count). The molecule has 1 aliphatic heterocycles. The van der Waals surface area contributed by atoms with E-state index in [4.69, 9.17) is 5.11 Å². The van der Waals surface area contributed by atoms with Crippen molar-refractivity contribution < 1.29 is 18.3 Å². The normalized spacial score (nSPS) is 21.8. The Kier molecular flexibility index (Phi) is 4.15. The Labute approximate surface area is 120 Å². The van der Waals surface area contributed by atoms with Gasteiger partial charge in [0.25, 0.3) is 0 Å². The van der Waals surface area contributed by atoms with Crippen molar-refractivity contribution in [3.63, 3.8) is 0 Å².